The quantitative estimate of drug-likeness (QED) is 0.766. The number of hydrogen-bond donors (Lipinski definition) is 2. The van der Waals surface area contributed by atoms with Gasteiger partial charge in [0.15, 0.2) is 0 Å². The van der Waals surface area contributed by atoms with Crippen LogP contribution < -0.4 is 5.32 Å². The van der Waals surface area contributed by atoms with E-state index in [2.05, 4.69) is 15.5 Å². The van der Waals surface area contributed by atoms with Crippen LogP contribution in [0, 0.1) is 0 Å². The average molecular weight is 424 g/mol. The lowest BCUT2D eigenvalue weighted by molar-refractivity contribution is -0.136. The molecule has 1 aromatic carbocycles. The van der Waals surface area contributed by atoms with Gasteiger partial charge in [0.25, 0.3) is 0 Å². The Balaban J connectivity index is 1.36. The van der Waals surface area contributed by atoms with Gasteiger partial charge in [-0.05, 0) is 44.6 Å². The molecule has 0 spiro atoms. The summed E-state index contributed by atoms with van der Waals surface area (Å²) in [6.07, 6.45) is 0.984. The van der Waals surface area contributed by atoms with Gasteiger partial charge in [-0.2, -0.15) is 18.3 Å². The molecule has 0 bridgehead atoms. The predicted molar refractivity (Wildman–Crippen MR) is 106 cm³/mol. The fraction of sp³-hybridized carbons (Fsp3) is 0.619. The van der Waals surface area contributed by atoms with Crippen LogP contribution in [0.4, 0.5) is 18.0 Å². The van der Waals surface area contributed by atoms with E-state index in [-0.39, 0.29) is 29.6 Å². The third-order valence-corrected chi connectivity index (χ3v) is 6.45. The highest BCUT2D eigenvalue weighted by molar-refractivity contribution is 5.85. The molecule has 2 aromatic rings. The molecule has 1 saturated heterocycles. The molecular weight excluding hydrogens is 397 g/mol. The van der Waals surface area contributed by atoms with Crippen molar-refractivity contribution in [2.45, 2.75) is 62.8 Å². The van der Waals surface area contributed by atoms with Crippen molar-refractivity contribution in [2.75, 3.05) is 20.2 Å². The largest absolute Gasteiger partial charge is 0.418 e. The molecule has 0 atom stereocenters. The number of alkyl halides is 3. The number of amides is 2. The van der Waals surface area contributed by atoms with E-state index in [1.807, 2.05) is 0 Å². The van der Waals surface area contributed by atoms with E-state index < -0.39 is 11.7 Å². The molecule has 1 aliphatic heterocycles. The standard InChI is InChI=1S/C21H27F3N4O2/c1-30-15-7-5-14(6-8-15)25-20(29)28-11-9-13(10-12-28)18-16-3-2-4-17(21(22,23)24)19(16)27-26-18/h2-4,13-15H,5-12H2,1H3,(H,25,29)(H,26,27). The molecule has 30 heavy (non-hydrogen) atoms. The van der Waals surface area contributed by atoms with Gasteiger partial charge in [0.2, 0.25) is 0 Å². The second-order valence-corrected chi connectivity index (χ2v) is 8.26. The molecular formula is C21H27F3N4O2. The van der Waals surface area contributed by atoms with Crippen molar-refractivity contribution in [3.63, 3.8) is 0 Å². The van der Waals surface area contributed by atoms with E-state index in [1.54, 1.807) is 18.1 Å². The molecule has 9 heteroatoms. The van der Waals surface area contributed by atoms with E-state index in [0.717, 1.165) is 37.4 Å². The summed E-state index contributed by atoms with van der Waals surface area (Å²) in [6, 6.07) is 4.28. The highest BCUT2D eigenvalue weighted by Gasteiger charge is 2.35. The Morgan fingerprint density at radius 2 is 1.87 bits per heavy atom. The zero-order valence-corrected chi connectivity index (χ0v) is 17.0. The Labute approximate surface area is 173 Å². The number of aromatic amines is 1. The third-order valence-electron chi connectivity index (χ3n) is 6.45. The number of nitrogens with one attached hydrogen (secondary N) is 2. The molecule has 1 aromatic heterocycles. The van der Waals surface area contributed by atoms with Crippen LogP contribution in [0.2, 0.25) is 0 Å². The zero-order chi connectivity index (χ0) is 21.3. The molecule has 0 radical (unpaired) electrons. The number of aromatic nitrogens is 2. The summed E-state index contributed by atoms with van der Waals surface area (Å²) in [4.78, 5) is 14.4. The Bertz CT molecular complexity index is 882. The lowest BCUT2D eigenvalue weighted by atomic mass is 9.91. The molecule has 4 rings (SSSR count). The Morgan fingerprint density at radius 3 is 2.50 bits per heavy atom. The van der Waals surface area contributed by atoms with Gasteiger partial charge in [0, 0.05) is 43.2 Å². The minimum Gasteiger partial charge on any atom is -0.381 e. The molecule has 6 nitrogen and oxygen atoms in total. The maximum Gasteiger partial charge on any atom is 0.418 e. The monoisotopic (exact) mass is 424 g/mol. The number of benzene rings is 1. The van der Waals surface area contributed by atoms with Crippen LogP contribution in [0.1, 0.15) is 55.7 Å². The number of methoxy groups -OCH3 is 1. The number of halogens is 3. The molecule has 0 unspecified atom stereocenters. The van der Waals surface area contributed by atoms with Crippen LogP contribution in [-0.2, 0) is 10.9 Å². The third kappa shape index (κ3) is 4.26. The van der Waals surface area contributed by atoms with E-state index in [9.17, 15) is 18.0 Å². The average Bonchev–Trinajstić information content (AvgIpc) is 3.18. The number of H-pyrrole nitrogens is 1. The molecule has 164 valence electrons. The fourth-order valence-corrected chi connectivity index (χ4v) is 4.68. The van der Waals surface area contributed by atoms with Gasteiger partial charge >= 0.3 is 12.2 Å². The molecule has 2 amide bonds. The van der Waals surface area contributed by atoms with Crippen molar-refractivity contribution in [3.05, 3.63) is 29.5 Å². The number of carbonyl (C=O) groups is 1. The summed E-state index contributed by atoms with van der Waals surface area (Å²) in [6.45, 7) is 1.15. The van der Waals surface area contributed by atoms with Crippen molar-refractivity contribution in [2.24, 2.45) is 0 Å². The smallest absolute Gasteiger partial charge is 0.381 e. The van der Waals surface area contributed by atoms with Crippen LogP contribution >= 0.6 is 0 Å². The highest BCUT2D eigenvalue weighted by atomic mass is 19.4. The first-order valence-electron chi connectivity index (χ1n) is 10.5. The van der Waals surface area contributed by atoms with Crippen LogP contribution in [0.5, 0.6) is 0 Å². The summed E-state index contributed by atoms with van der Waals surface area (Å²) in [5, 5.41) is 10.4. The van der Waals surface area contributed by atoms with Crippen molar-refractivity contribution in [3.8, 4) is 0 Å². The molecule has 1 saturated carbocycles. The van der Waals surface area contributed by atoms with Crippen molar-refractivity contribution < 1.29 is 22.7 Å². The van der Waals surface area contributed by atoms with Crippen molar-refractivity contribution >= 4 is 16.9 Å². The number of carbonyl (C=O) groups excluding carboxylic acids is 1. The van der Waals surface area contributed by atoms with Crippen LogP contribution in [0.25, 0.3) is 10.9 Å². The summed E-state index contributed by atoms with van der Waals surface area (Å²) < 4.78 is 45.1. The number of nitrogens with zero attached hydrogens (tertiary/aromatic N) is 2. The second-order valence-electron chi connectivity index (χ2n) is 8.26. The summed E-state index contributed by atoms with van der Waals surface area (Å²) in [5.74, 6) is 0.0553. The minimum atomic E-state index is -4.43. The Hall–Kier alpha value is -2.29. The number of rotatable bonds is 3. The number of fused-ring (bicyclic) bond motifs is 1. The van der Waals surface area contributed by atoms with E-state index in [1.165, 1.54) is 6.07 Å². The van der Waals surface area contributed by atoms with E-state index in [4.69, 9.17) is 4.74 Å². The van der Waals surface area contributed by atoms with Crippen LogP contribution in [-0.4, -0.2) is 53.5 Å². The molecule has 1 aliphatic carbocycles. The first-order chi connectivity index (χ1) is 14.4. The number of para-hydroxylation sites is 1. The summed E-state index contributed by atoms with van der Waals surface area (Å²) >= 11 is 0. The van der Waals surface area contributed by atoms with Gasteiger partial charge in [0.05, 0.1) is 11.7 Å². The van der Waals surface area contributed by atoms with Gasteiger partial charge < -0.3 is 15.0 Å². The van der Waals surface area contributed by atoms with E-state index >= 15 is 0 Å². The van der Waals surface area contributed by atoms with Gasteiger partial charge in [-0.1, -0.05) is 12.1 Å². The lowest BCUT2D eigenvalue weighted by Gasteiger charge is -2.34. The predicted octanol–water partition coefficient (Wildman–Crippen LogP) is 4.43. The van der Waals surface area contributed by atoms with Crippen LogP contribution in [0.15, 0.2) is 18.2 Å². The van der Waals surface area contributed by atoms with Crippen molar-refractivity contribution in [1.82, 2.24) is 20.4 Å². The normalized spacial score (nSPS) is 23.7. The first-order valence-corrected chi connectivity index (χ1v) is 10.5. The molecule has 2 aliphatic rings. The minimum absolute atomic E-state index is 0.0353. The molecule has 2 N–H and O–H groups in total. The maximum atomic E-state index is 13.2. The topological polar surface area (TPSA) is 70.2 Å². The van der Waals surface area contributed by atoms with Gasteiger partial charge in [-0.25, -0.2) is 4.79 Å². The number of likely N-dealkylation sites (tertiary alicyclic amines) is 1. The Morgan fingerprint density at radius 1 is 1.17 bits per heavy atom. The number of hydrogen-bond acceptors (Lipinski definition) is 3. The SMILES string of the molecule is COC1CCC(NC(=O)N2CCC(c3[nH]nc4c(C(F)(F)F)cccc34)CC2)CC1. The number of urea groups is 1. The highest BCUT2D eigenvalue weighted by Crippen LogP contribution is 2.37. The maximum absolute atomic E-state index is 13.2. The first kappa shape index (κ1) is 21.0. The summed E-state index contributed by atoms with van der Waals surface area (Å²) in [7, 11) is 1.72. The molecule has 2 fully saturated rings. The van der Waals surface area contributed by atoms with Crippen molar-refractivity contribution in [1.29, 1.82) is 0 Å². The van der Waals surface area contributed by atoms with E-state index in [0.29, 0.717) is 31.3 Å². The lowest BCUT2D eigenvalue weighted by Crippen LogP contribution is -2.48. The number of piperidine rings is 1. The Kier molecular flexibility index (Phi) is 5.90. The van der Waals surface area contributed by atoms with Gasteiger partial charge in [-0.3, -0.25) is 5.10 Å². The fourth-order valence-electron chi connectivity index (χ4n) is 4.68. The van der Waals surface area contributed by atoms with Gasteiger partial charge in [0.1, 0.15) is 5.52 Å². The second kappa shape index (κ2) is 8.45. The summed E-state index contributed by atoms with van der Waals surface area (Å²) in [5.41, 5.74) is -0.0246. The van der Waals surface area contributed by atoms with Crippen LogP contribution in [0.3, 0.4) is 0 Å². The van der Waals surface area contributed by atoms with Gasteiger partial charge in [-0.15, -0.1) is 0 Å². The number of ether oxygens (including phenoxy) is 1. The molecule has 2 heterocycles. The zero-order valence-electron chi connectivity index (χ0n) is 17.0.